The zero-order chi connectivity index (χ0) is 50.8. The molecule has 0 spiro atoms. The number of hydrogen-bond acceptors (Lipinski definition) is 6. The van der Waals surface area contributed by atoms with Crippen molar-refractivity contribution in [1.29, 1.82) is 0 Å². The summed E-state index contributed by atoms with van der Waals surface area (Å²) in [5.41, 5.74) is 9.09. The van der Waals surface area contributed by atoms with Crippen LogP contribution in [0.15, 0.2) is 295 Å². The molecule has 0 aliphatic carbocycles. The Kier molecular flexibility index (Phi) is 14.1. The Morgan fingerprint density at radius 1 is 0.440 bits per heavy atom. The van der Waals surface area contributed by atoms with Crippen LogP contribution in [0, 0.1) is 0 Å². The van der Waals surface area contributed by atoms with Crippen LogP contribution in [0.2, 0.25) is 0 Å². The monoisotopic (exact) mass is 975 g/mol. The van der Waals surface area contributed by atoms with Gasteiger partial charge in [0.2, 0.25) is 11.1 Å². The lowest BCUT2D eigenvalue weighted by Crippen LogP contribution is -2.72. The second-order valence-corrected chi connectivity index (χ2v) is 19.0. The SMILES string of the molecule is CCCCN(Cc1ccc(-c2ccccc2C2=NN=N[N+]2(C(c2ccccc2)(c2ccccc2)c2ccccc2)C(c2ccccc2)(c2ccccc2)c2ccccc2)cc1)c1ncccc1OCc1ccccc1. The van der Waals surface area contributed by atoms with Gasteiger partial charge < -0.3 is 9.64 Å². The Hall–Kier alpha value is -9.04. The third-order valence-electron chi connectivity index (χ3n) is 14.6. The number of quaternary nitrogens is 1. The number of benzene rings is 9. The molecule has 0 N–H and O–H groups in total. The van der Waals surface area contributed by atoms with Gasteiger partial charge >= 0.3 is 0 Å². The van der Waals surface area contributed by atoms with Crippen molar-refractivity contribution < 1.29 is 9.33 Å². The van der Waals surface area contributed by atoms with Crippen LogP contribution < -0.4 is 9.64 Å². The van der Waals surface area contributed by atoms with Gasteiger partial charge in [-0.1, -0.05) is 278 Å². The fourth-order valence-corrected chi connectivity index (χ4v) is 11.4. The first-order valence-electron chi connectivity index (χ1n) is 26.0. The van der Waals surface area contributed by atoms with E-state index in [0.29, 0.717) is 19.0 Å². The highest BCUT2D eigenvalue weighted by molar-refractivity contribution is 6.02. The first-order chi connectivity index (χ1) is 37.2. The van der Waals surface area contributed by atoms with E-state index in [1.807, 2.05) is 36.5 Å². The average Bonchev–Trinajstić information content (AvgIpc) is 3.97. The molecule has 0 radical (unpaired) electrons. The quantitative estimate of drug-likeness (QED) is 0.0599. The number of hydrogen-bond donors (Lipinski definition) is 0. The van der Waals surface area contributed by atoms with E-state index in [0.717, 1.165) is 92.2 Å². The molecule has 366 valence electrons. The van der Waals surface area contributed by atoms with Crippen molar-refractivity contribution in [3.8, 4) is 16.9 Å². The maximum absolute atomic E-state index is 6.46. The van der Waals surface area contributed by atoms with Crippen LogP contribution in [0.4, 0.5) is 5.82 Å². The molecule has 7 nitrogen and oxygen atoms in total. The van der Waals surface area contributed by atoms with Crippen molar-refractivity contribution in [3.05, 3.63) is 329 Å². The standard InChI is InChI=1S/C68H59N6O/c1-2-3-50-73(65-64(44-27-49-69-65)75-52-54-28-11-4-12-29-54)51-53-45-47-55(48-46-53)62-42-25-26-43-63(62)66-70-71-72-74(66,67(56-30-13-5-14-31-56,57-32-15-6-16-33-57)58-34-17-7-18-35-58)68(59-36-19-8-20-37-59,60-38-21-9-22-39-60)61-40-23-10-24-41-61/h4-49H,2-3,50-52H2,1H3/q+1. The zero-order valence-electron chi connectivity index (χ0n) is 42.2. The molecule has 11 rings (SSSR count). The molecule has 1 aromatic heterocycles. The fourth-order valence-electron chi connectivity index (χ4n) is 11.4. The molecule has 0 saturated heterocycles. The lowest BCUT2D eigenvalue weighted by atomic mass is 9.66. The minimum atomic E-state index is -1.15. The summed E-state index contributed by atoms with van der Waals surface area (Å²) in [6.45, 7) is 4.19. The molecule has 0 saturated carbocycles. The number of anilines is 1. The molecule has 0 fully saturated rings. The Morgan fingerprint density at radius 3 is 1.32 bits per heavy atom. The van der Waals surface area contributed by atoms with Gasteiger partial charge in [0, 0.05) is 57.9 Å². The Labute approximate surface area is 441 Å². The molecule has 1 aliphatic heterocycles. The molecule has 2 heterocycles. The number of amidine groups is 1. The highest BCUT2D eigenvalue weighted by Gasteiger charge is 2.74. The lowest BCUT2D eigenvalue weighted by molar-refractivity contribution is -0.942. The second-order valence-electron chi connectivity index (χ2n) is 19.0. The number of ether oxygens (including phenoxy) is 1. The van der Waals surface area contributed by atoms with E-state index in [9.17, 15) is 0 Å². The highest BCUT2D eigenvalue weighted by Crippen LogP contribution is 2.62. The van der Waals surface area contributed by atoms with Gasteiger partial charge in [-0.2, -0.15) is 0 Å². The predicted molar refractivity (Wildman–Crippen MR) is 303 cm³/mol. The molecular weight excluding hydrogens is 917 g/mol. The van der Waals surface area contributed by atoms with Gasteiger partial charge in [0.05, 0.1) is 10.8 Å². The summed E-state index contributed by atoms with van der Waals surface area (Å²) in [5, 5.41) is 16.3. The van der Waals surface area contributed by atoms with E-state index in [1.165, 1.54) is 0 Å². The summed E-state index contributed by atoms with van der Waals surface area (Å²) in [7, 11) is 0. The van der Waals surface area contributed by atoms with Crippen LogP contribution in [0.25, 0.3) is 11.1 Å². The van der Waals surface area contributed by atoms with Crippen molar-refractivity contribution in [2.45, 2.75) is 44.0 Å². The normalized spacial score (nSPS) is 13.0. The highest BCUT2D eigenvalue weighted by atomic mass is 16.5. The van der Waals surface area contributed by atoms with Crippen LogP contribution in [0.1, 0.15) is 69.8 Å². The maximum Gasteiger partial charge on any atom is 0.287 e. The van der Waals surface area contributed by atoms with Crippen LogP contribution >= 0.6 is 0 Å². The van der Waals surface area contributed by atoms with Crippen molar-refractivity contribution in [3.63, 3.8) is 0 Å². The molecule has 0 bridgehead atoms. The summed E-state index contributed by atoms with van der Waals surface area (Å²) in [6, 6.07) is 97.0. The molecule has 10 aromatic rings. The predicted octanol–water partition coefficient (Wildman–Crippen LogP) is 16.0. The van der Waals surface area contributed by atoms with E-state index in [1.54, 1.807) is 0 Å². The zero-order valence-corrected chi connectivity index (χ0v) is 42.2. The third kappa shape index (κ3) is 8.81. The molecule has 1 aliphatic rings. The summed E-state index contributed by atoms with van der Waals surface area (Å²) in [5.74, 6) is 2.30. The molecule has 0 atom stereocenters. The van der Waals surface area contributed by atoms with Gasteiger partial charge in [-0.15, -0.1) is 0 Å². The first kappa shape index (κ1) is 48.2. The summed E-state index contributed by atoms with van der Waals surface area (Å²) < 4.78 is 6.31. The van der Waals surface area contributed by atoms with Gasteiger partial charge in [-0.05, 0) is 46.9 Å². The Balaban J connectivity index is 1.14. The number of rotatable bonds is 19. The van der Waals surface area contributed by atoms with Crippen LogP contribution in [0.5, 0.6) is 5.75 Å². The second kappa shape index (κ2) is 22.0. The van der Waals surface area contributed by atoms with Gasteiger partial charge in [-0.25, -0.2) is 4.98 Å². The number of nitrogens with zero attached hydrogens (tertiary/aromatic N) is 6. The van der Waals surface area contributed by atoms with Crippen molar-refractivity contribution >= 4 is 11.7 Å². The number of pyridine rings is 1. The van der Waals surface area contributed by atoms with Crippen molar-refractivity contribution in [1.82, 2.24) is 4.98 Å². The van der Waals surface area contributed by atoms with Crippen LogP contribution in [0.3, 0.4) is 0 Å². The average molecular weight is 976 g/mol. The minimum absolute atomic E-state index is 0.156. The minimum Gasteiger partial charge on any atom is -0.485 e. The summed E-state index contributed by atoms with van der Waals surface area (Å²) >= 11 is 0. The Bertz CT molecular complexity index is 3170. The molecule has 75 heavy (non-hydrogen) atoms. The van der Waals surface area contributed by atoms with Gasteiger partial charge in [0.15, 0.2) is 11.6 Å². The van der Waals surface area contributed by atoms with Crippen molar-refractivity contribution in [2.24, 2.45) is 15.5 Å². The van der Waals surface area contributed by atoms with E-state index in [2.05, 4.69) is 254 Å². The fraction of sp³-hybridized carbons (Fsp3) is 0.118. The van der Waals surface area contributed by atoms with E-state index in [-0.39, 0.29) is 4.59 Å². The molecule has 0 unspecified atom stereocenters. The van der Waals surface area contributed by atoms with E-state index in [4.69, 9.17) is 25.3 Å². The molecule has 0 amide bonds. The maximum atomic E-state index is 6.46. The lowest BCUT2D eigenvalue weighted by Gasteiger charge is -2.56. The third-order valence-corrected chi connectivity index (χ3v) is 14.6. The molecular formula is C68H59N6O+. The first-order valence-corrected chi connectivity index (χ1v) is 26.0. The number of unbranched alkanes of at least 4 members (excludes halogenated alkanes) is 1. The van der Waals surface area contributed by atoms with Gasteiger partial charge in [0.25, 0.3) is 5.84 Å². The smallest absolute Gasteiger partial charge is 0.287 e. The van der Waals surface area contributed by atoms with Crippen molar-refractivity contribution in [2.75, 3.05) is 11.4 Å². The van der Waals surface area contributed by atoms with E-state index >= 15 is 0 Å². The number of aromatic nitrogens is 1. The van der Waals surface area contributed by atoms with Gasteiger partial charge in [0.1, 0.15) is 6.61 Å². The topological polar surface area (TPSA) is 62.4 Å². The van der Waals surface area contributed by atoms with Gasteiger partial charge in [-0.3, -0.25) is 0 Å². The molecule has 7 heteroatoms. The van der Waals surface area contributed by atoms with E-state index < -0.39 is 11.1 Å². The van der Waals surface area contributed by atoms with Crippen LogP contribution in [-0.2, 0) is 24.2 Å². The Morgan fingerprint density at radius 2 is 0.867 bits per heavy atom. The largest absolute Gasteiger partial charge is 0.485 e. The van der Waals surface area contributed by atoms with Crippen LogP contribution in [-0.4, -0.2) is 22.0 Å². The molecule has 9 aromatic carbocycles. The summed E-state index contributed by atoms with van der Waals surface area (Å²) in [4.78, 5) is 7.26. The summed E-state index contributed by atoms with van der Waals surface area (Å²) in [6.07, 6.45) is 3.93.